The molecule has 1 fully saturated rings. The van der Waals surface area contributed by atoms with Gasteiger partial charge >= 0.3 is 6.09 Å². The second-order valence-electron chi connectivity index (χ2n) is 5.11. The van der Waals surface area contributed by atoms with Crippen molar-refractivity contribution in [1.82, 2.24) is 4.98 Å². The minimum absolute atomic E-state index is 0.156. The van der Waals surface area contributed by atoms with Crippen molar-refractivity contribution in [3.63, 3.8) is 0 Å². The number of fused-ring (bicyclic) bond motifs is 1. The summed E-state index contributed by atoms with van der Waals surface area (Å²) in [6.45, 7) is 1.43. The van der Waals surface area contributed by atoms with Crippen LogP contribution in [0.15, 0.2) is 30.5 Å². The van der Waals surface area contributed by atoms with Gasteiger partial charge in [0.2, 0.25) is 0 Å². The van der Waals surface area contributed by atoms with Crippen LogP contribution in [0.4, 0.5) is 16.3 Å². The maximum Gasteiger partial charge on any atom is 0.404 e. The van der Waals surface area contributed by atoms with E-state index in [1.165, 1.54) is 0 Å². The molecular formula is C15H18N4O2. The summed E-state index contributed by atoms with van der Waals surface area (Å²) in [5.74, 6) is 0.922. The number of hydrogen-bond acceptors (Lipinski definition) is 5. The van der Waals surface area contributed by atoms with Gasteiger partial charge in [-0.15, -0.1) is 0 Å². The maximum atomic E-state index is 10.8. The molecule has 1 amide bonds. The summed E-state index contributed by atoms with van der Waals surface area (Å²) in [6.07, 6.45) is 1.71. The van der Waals surface area contributed by atoms with Gasteiger partial charge in [-0.3, -0.25) is 0 Å². The SMILES string of the molecule is CNc1ccc2c(N3CCC(OC(N)=O)C3)nccc2c1. The van der Waals surface area contributed by atoms with Gasteiger partial charge in [-0.25, -0.2) is 9.78 Å². The first-order valence-corrected chi connectivity index (χ1v) is 6.95. The van der Waals surface area contributed by atoms with Crippen molar-refractivity contribution in [3.05, 3.63) is 30.5 Å². The molecule has 0 bridgehead atoms. The van der Waals surface area contributed by atoms with E-state index in [1.54, 1.807) is 6.20 Å². The molecule has 0 aliphatic carbocycles. The summed E-state index contributed by atoms with van der Waals surface area (Å²) in [5.41, 5.74) is 6.14. The number of aromatic nitrogens is 1. The molecule has 2 aromatic rings. The van der Waals surface area contributed by atoms with Crippen molar-refractivity contribution >= 4 is 28.4 Å². The number of anilines is 2. The highest BCUT2D eigenvalue weighted by atomic mass is 16.6. The minimum Gasteiger partial charge on any atom is -0.444 e. The first-order valence-electron chi connectivity index (χ1n) is 6.95. The van der Waals surface area contributed by atoms with Gasteiger partial charge in [0.25, 0.3) is 0 Å². The zero-order chi connectivity index (χ0) is 14.8. The molecule has 1 aliphatic rings. The van der Waals surface area contributed by atoms with Crippen molar-refractivity contribution in [2.24, 2.45) is 5.73 Å². The van der Waals surface area contributed by atoms with E-state index in [-0.39, 0.29) is 6.10 Å². The number of nitrogens with zero attached hydrogens (tertiary/aromatic N) is 2. The zero-order valence-electron chi connectivity index (χ0n) is 11.9. The lowest BCUT2D eigenvalue weighted by Crippen LogP contribution is -2.27. The molecule has 1 saturated heterocycles. The van der Waals surface area contributed by atoms with Crippen molar-refractivity contribution in [3.8, 4) is 0 Å². The Labute approximate surface area is 122 Å². The van der Waals surface area contributed by atoms with Gasteiger partial charge < -0.3 is 20.7 Å². The molecule has 1 atom stereocenters. The average Bonchev–Trinajstić information content (AvgIpc) is 2.93. The predicted octanol–water partition coefficient (Wildman–Crippen LogP) is 1.95. The Morgan fingerprint density at radius 1 is 1.48 bits per heavy atom. The fraction of sp³-hybridized carbons (Fsp3) is 0.333. The third kappa shape index (κ3) is 2.69. The Balaban J connectivity index is 1.89. The summed E-state index contributed by atoms with van der Waals surface area (Å²) in [4.78, 5) is 17.5. The highest BCUT2D eigenvalue weighted by Crippen LogP contribution is 2.29. The van der Waals surface area contributed by atoms with Crippen LogP contribution in [0.25, 0.3) is 10.8 Å². The monoisotopic (exact) mass is 286 g/mol. The van der Waals surface area contributed by atoms with Crippen LogP contribution in [-0.4, -0.2) is 37.3 Å². The van der Waals surface area contributed by atoms with Crippen LogP contribution >= 0.6 is 0 Å². The molecule has 1 aromatic carbocycles. The smallest absolute Gasteiger partial charge is 0.404 e. The fourth-order valence-corrected chi connectivity index (χ4v) is 2.75. The van der Waals surface area contributed by atoms with Crippen LogP contribution in [0.5, 0.6) is 0 Å². The topological polar surface area (TPSA) is 80.5 Å². The van der Waals surface area contributed by atoms with Gasteiger partial charge in [0, 0.05) is 37.3 Å². The number of rotatable bonds is 3. The van der Waals surface area contributed by atoms with E-state index in [1.807, 2.05) is 19.2 Å². The quantitative estimate of drug-likeness (QED) is 0.901. The molecule has 0 radical (unpaired) electrons. The number of amides is 1. The molecule has 2 heterocycles. The summed E-state index contributed by atoms with van der Waals surface area (Å²) in [5, 5.41) is 5.36. The third-order valence-corrected chi connectivity index (χ3v) is 3.76. The second-order valence-corrected chi connectivity index (χ2v) is 5.11. The van der Waals surface area contributed by atoms with Gasteiger partial charge in [0.05, 0.1) is 6.54 Å². The van der Waals surface area contributed by atoms with Crippen LogP contribution in [0.3, 0.4) is 0 Å². The number of hydrogen-bond donors (Lipinski definition) is 2. The van der Waals surface area contributed by atoms with Crippen molar-refractivity contribution < 1.29 is 9.53 Å². The van der Waals surface area contributed by atoms with E-state index in [0.717, 1.165) is 35.2 Å². The molecule has 1 aromatic heterocycles. The molecule has 1 aliphatic heterocycles. The number of nitrogens with one attached hydrogen (secondary N) is 1. The normalized spacial score (nSPS) is 18.0. The minimum atomic E-state index is -0.716. The summed E-state index contributed by atoms with van der Waals surface area (Å²) in [6, 6.07) is 8.17. The number of pyridine rings is 1. The summed E-state index contributed by atoms with van der Waals surface area (Å²) < 4.78 is 5.07. The first kappa shape index (κ1) is 13.5. The summed E-state index contributed by atoms with van der Waals surface area (Å²) in [7, 11) is 1.90. The van der Waals surface area contributed by atoms with Gasteiger partial charge in [-0.1, -0.05) is 0 Å². The number of nitrogens with two attached hydrogens (primary N) is 1. The van der Waals surface area contributed by atoms with E-state index in [9.17, 15) is 4.79 Å². The standard InChI is InChI=1S/C15H18N4O2/c1-17-11-2-3-13-10(8-11)4-6-18-14(13)19-7-5-12(9-19)21-15(16)20/h2-4,6,8,12,17H,5,7,9H2,1H3,(H2,16,20). The fourth-order valence-electron chi connectivity index (χ4n) is 2.75. The third-order valence-electron chi connectivity index (χ3n) is 3.76. The lowest BCUT2D eigenvalue weighted by Gasteiger charge is -2.19. The van der Waals surface area contributed by atoms with E-state index < -0.39 is 6.09 Å². The molecule has 1 unspecified atom stereocenters. The second kappa shape index (κ2) is 5.47. The van der Waals surface area contributed by atoms with Gasteiger partial charge in [-0.05, 0) is 29.7 Å². The Kier molecular flexibility index (Phi) is 3.51. The Hall–Kier alpha value is -2.50. The number of benzene rings is 1. The average molecular weight is 286 g/mol. The van der Waals surface area contributed by atoms with Crippen LogP contribution in [0.1, 0.15) is 6.42 Å². The van der Waals surface area contributed by atoms with Crippen LogP contribution < -0.4 is 16.0 Å². The Bertz CT molecular complexity index is 674. The molecule has 3 rings (SSSR count). The van der Waals surface area contributed by atoms with Crippen LogP contribution in [0, 0.1) is 0 Å². The molecule has 0 spiro atoms. The number of carbonyl (C=O) groups excluding carboxylic acids is 1. The highest BCUT2D eigenvalue weighted by molar-refractivity contribution is 5.94. The zero-order valence-corrected chi connectivity index (χ0v) is 11.9. The number of ether oxygens (including phenoxy) is 1. The number of primary amides is 1. The molecule has 0 saturated carbocycles. The lowest BCUT2D eigenvalue weighted by atomic mass is 10.1. The molecule has 3 N–H and O–H groups in total. The van der Waals surface area contributed by atoms with E-state index in [4.69, 9.17) is 10.5 Å². The Morgan fingerprint density at radius 3 is 3.10 bits per heavy atom. The predicted molar refractivity (Wildman–Crippen MR) is 82.6 cm³/mol. The van der Waals surface area contributed by atoms with E-state index in [0.29, 0.717) is 6.54 Å². The van der Waals surface area contributed by atoms with Gasteiger partial charge in [0.15, 0.2) is 0 Å². The van der Waals surface area contributed by atoms with Gasteiger partial charge in [-0.2, -0.15) is 0 Å². The maximum absolute atomic E-state index is 10.8. The van der Waals surface area contributed by atoms with Crippen LogP contribution in [-0.2, 0) is 4.74 Å². The molecule has 110 valence electrons. The van der Waals surface area contributed by atoms with Crippen molar-refractivity contribution in [1.29, 1.82) is 0 Å². The molecule has 21 heavy (non-hydrogen) atoms. The Morgan fingerprint density at radius 2 is 2.33 bits per heavy atom. The molecule has 6 heteroatoms. The summed E-state index contributed by atoms with van der Waals surface area (Å²) >= 11 is 0. The lowest BCUT2D eigenvalue weighted by molar-refractivity contribution is 0.117. The van der Waals surface area contributed by atoms with E-state index >= 15 is 0 Å². The van der Waals surface area contributed by atoms with E-state index in [2.05, 4.69) is 27.3 Å². The van der Waals surface area contributed by atoms with Gasteiger partial charge in [0.1, 0.15) is 11.9 Å². The first-order chi connectivity index (χ1) is 10.2. The van der Waals surface area contributed by atoms with Crippen LogP contribution in [0.2, 0.25) is 0 Å². The van der Waals surface area contributed by atoms with Crippen molar-refractivity contribution in [2.75, 3.05) is 30.4 Å². The highest BCUT2D eigenvalue weighted by Gasteiger charge is 2.26. The molecular weight excluding hydrogens is 268 g/mol. The molecule has 6 nitrogen and oxygen atoms in total. The largest absolute Gasteiger partial charge is 0.444 e. The number of carbonyl (C=O) groups is 1. The van der Waals surface area contributed by atoms with Crippen molar-refractivity contribution in [2.45, 2.75) is 12.5 Å².